The summed E-state index contributed by atoms with van der Waals surface area (Å²) in [5.74, 6) is 1.64. The van der Waals surface area contributed by atoms with Crippen molar-refractivity contribution < 1.29 is 4.74 Å². The van der Waals surface area contributed by atoms with Gasteiger partial charge in [0.2, 0.25) is 0 Å². The van der Waals surface area contributed by atoms with Gasteiger partial charge in [-0.3, -0.25) is 4.99 Å². The fraction of sp³-hybridized carbons (Fsp3) is 0.929. The Morgan fingerprint density at radius 3 is 2.95 bits per heavy atom. The fourth-order valence-electron chi connectivity index (χ4n) is 2.43. The van der Waals surface area contributed by atoms with Gasteiger partial charge in [0.15, 0.2) is 5.96 Å². The monoisotopic (exact) mass is 270 g/mol. The third-order valence-corrected chi connectivity index (χ3v) is 3.47. The molecule has 0 aliphatic carbocycles. The second-order valence-electron chi connectivity index (χ2n) is 5.20. The number of piperidine rings is 1. The summed E-state index contributed by atoms with van der Waals surface area (Å²) in [7, 11) is 4.03. The van der Waals surface area contributed by atoms with Gasteiger partial charge in [-0.15, -0.1) is 0 Å². The average molecular weight is 270 g/mol. The van der Waals surface area contributed by atoms with Crippen LogP contribution < -0.4 is 10.6 Å². The van der Waals surface area contributed by atoms with Crippen LogP contribution in [-0.4, -0.2) is 64.3 Å². The zero-order valence-electron chi connectivity index (χ0n) is 12.7. The molecule has 0 saturated carbocycles. The molecule has 1 atom stereocenters. The van der Waals surface area contributed by atoms with Crippen molar-refractivity contribution in [2.24, 2.45) is 10.9 Å². The summed E-state index contributed by atoms with van der Waals surface area (Å²) in [6.07, 6.45) is 3.64. The van der Waals surface area contributed by atoms with E-state index in [9.17, 15) is 0 Å². The first-order valence-corrected chi connectivity index (χ1v) is 7.47. The second kappa shape index (κ2) is 10.0. The van der Waals surface area contributed by atoms with Gasteiger partial charge in [0, 0.05) is 39.9 Å². The lowest BCUT2D eigenvalue weighted by Gasteiger charge is -2.30. The van der Waals surface area contributed by atoms with Crippen molar-refractivity contribution in [3.8, 4) is 0 Å². The Hall–Kier alpha value is -0.810. The van der Waals surface area contributed by atoms with E-state index in [0.29, 0.717) is 0 Å². The molecule has 1 saturated heterocycles. The number of guanidine groups is 1. The second-order valence-corrected chi connectivity index (χ2v) is 5.20. The van der Waals surface area contributed by atoms with Gasteiger partial charge in [-0.25, -0.2) is 0 Å². The zero-order chi connectivity index (χ0) is 13.9. The summed E-state index contributed by atoms with van der Waals surface area (Å²) in [4.78, 5) is 6.66. The molecule has 5 nitrogen and oxygen atoms in total. The summed E-state index contributed by atoms with van der Waals surface area (Å²) < 4.78 is 5.31. The maximum Gasteiger partial charge on any atom is 0.190 e. The van der Waals surface area contributed by atoms with Gasteiger partial charge in [-0.05, 0) is 45.7 Å². The van der Waals surface area contributed by atoms with E-state index in [-0.39, 0.29) is 0 Å². The lowest BCUT2D eigenvalue weighted by Crippen LogP contribution is -2.43. The molecule has 1 aliphatic rings. The molecule has 0 aromatic heterocycles. The molecule has 1 fully saturated rings. The highest BCUT2D eigenvalue weighted by Gasteiger charge is 2.16. The molecule has 0 radical (unpaired) electrons. The van der Waals surface area contributed by atoms with E-state index in [2.05, 4.69) is 27.6 Å². The Morgan fingerprint density at radius 1 is 1.42 bits per heavy atom. The Labute approximate surface area is 117 Å². The largest absolute Gasteiger partial charge is 0.382 e. The Morgan fingerprint density at radius 2 is 2.26 bits per heavy atom. The zero-order valence-corrected chi connectivity index (χ0v) is 12.7. The molecule has 0 bridgehead atoms. The van der Waals surface area contributed by atoms with Crippen molar-refractivity contribution in [2.45, 2.75) is 26.2 Å². The van der Waals surface area contributed by atoms with Gasteiger partial charge in [0.1, 0.15) is 0 Å². The molecule has 1 aliphatic heterocycles. The lowest BCUT2D eigenvalue weighted by atomic mass is 9.99. The van der Waals surface area contributed by atoms with Crippen molar-refractivity contribution in [1.82, 2.24) is 15.5 Å². The minimum Gasteiger partial charge on any atom is -0.382 e. The third-order valence-electron chi connectivity index (χ3n) is 3.47. The molecule has 0 aromatic rings. The van der Waals surface area contributed by atoms with Crippen LogP contribution in [-0.2, 0) is 4.74 Å². The SMILES string of the molecule is CCOCCCNC(=NC)NCC1CCCN(C)C1. The van der Waals surface area contributed by atoms with Crippen LogP contribution in [0.1, 0.15) is 26.2 Å². The number of nitrogens with one attached hydrogen (secondary N) is 2. The standard InChI is InChI=1S/C14H30N4O/c1-4-19-10-6-8-16-14(15-2)17-11-13-7-5-9-18(3)12-13/h13H,4-12H2,1-3H3,(H2,15,16,17). The highest BCUT2D eigenvalue weighted by Crippen LogP contribution is 2.13. The normalized spacial score (nSPS) is 21.4. The van der Waals surface area contributed by atoms with Crippen LogP contribution in [0.5, 0.6) is 0 Å². The number of ether oxygens (including phenoxy) is 1. The molecule has 5 heteroatoms. The van der Waals surface area contributed by atoms with E-state index in [1.165, 1.54) is 25.9 Å². The molecule has 19 heavy (non-hydrogen) atoms. The van der Waals surface area contributed by atoms with Crippen molar-refractivity contribution in [1.29, 1.82) is 0 Å². The molecule has 0 aromatic carbocycles. The molecular weight excluding hydrogens is 240 g/mol. The maximum absolute atomic E-state index is 5.31. The van der Waals surface area contributed by atoms with E-state index in [1.54, 1.807) is 0 Å². The third kappa shape index (κ3) is 7.38. The van der Waals surface area contributed by atoms with Crippen LogP contribution in [0, 0.1) is 5.92 Å². The number of likely N-dealkylation sites (tertiary alicyclic amines) is 1. The Bertz CT molecular complexity index is 258. The van der Waals surface area contributed by atoms with Gasteiger partial charge < -0.3 is 20.3 Å². The van der Waals surface area contributed by atoms with E-state index in [1.807, 2.05) is 14.0 Å². The molecule has 112 valence electrons. The number of rotatable bonds is 7. The molecule has 1 heterocycles. The highest BCUT2D eigenvalue weighted by molar-refractivity contribution is 5.79. The van der Waals surface area contributed by atoms with Gasteiger partial charge in [0.05, 0.1) is 0 Å². The van der Waals surface area contributed by atoms with Crippen LogP contribution in [0.15, 0.2) is 4.99 Å². The van der Waals surface area contributed by atoms with Crippen LogP contribution in [0.4, 0.5) is 0 Å². The Kier molecular flexibility index (Phi) is 8.58. The Balaban J connectivity index is 2.11. The number of aliphatic imine (C=N–C) groups is 1. The first-order valence-electron chi connectivity index (χ1n) is 7.47. The quantitative estimate of drug-likeness (QED) is 0.410. The summed E-state index contributed by atoms with van der Waals surface area (Å²) in [6, 6.07) is 0. The summed E-state index contributed by atoms with van der Waals surface area (Å²) in [6.45, 7) is 7.97. The van der Waals surface area contributed by atoms with Crippen LogP contribution in [0.25, 0.3) is 0 Å². The summed E-state index contributed by atoms with van der Waals surface area (Å²) in [5.41, 5.74) is 0. The minimum atomic E-state index is 0.737. The number of nitrogens with zero attached hydrogens (tertiary/aromatic N) is 2. The van der Waals surface area contributed by atoms with Crippen LogP contribution in [0.3, 0.4) is 0 Å². The lowest BCUT2D eigenvalue weighted by molar-refractivity contribution is 0.145. The summed E-state index contributed by atoms with van der Waals surface area (Å²) >= 11 is 0. The number of hydrogen-bond donors (Lipinski definition) is 2. The molecule has 1 rings (SSSR count). The first kappa shape index (κ1) is 16.2. The van der Waals surface area contributed by atoms with Crippen molar-refractivity contribution in [2.75, 3.05) is 53.5 Å². The van der Waals surface area contributed by atoms with E-state index in [4.69, 9.17) is 4.74 Å². The minimum absolute atomic E-state index is 0.737. The van der Waals surface area contributed by atoms with Crippen LogP contribution >= 0.6 is 0 Å². The fourth-order valence-corrected chi connectivity index (χ4v) is 2.43. The molecule has 1 unspecified atom stereocenters. The van der Waals surface area contributed by atoms with Crippen molar-refractivity contribution >= 4 is 5.96 Å². The van der Waals surface area contributed by atoms with Gasteiger partial charge in [0.25, 0.3) is 0 Å². The molecule has 0 amide bonds. The molecule has 2 N–H and O–H groups in total. The summed E-state index contributed by atoms with van der Waals surface area (Å²) in [5, 5.41) is 6.75. The van der Waals surface area contributed by atoms with Gasteiger partial charge in [-0.1, -0.05) is 0 Å². The smallest absolute Gasteiger partial charge is 0.190 e. The van der Waals surface area contributed by atoms with E-state index >= 15 is 0 Å². The predicted molar refractivity (Wildman–Crippen MR) is 80.7 cm³/mol. The predicted octanol–water partition coefficient (Wildman–Crippen LogP) is 0.920. The van der Waals surface area contributed by atoms with Crippen molar-refractivity contribution in [3.05, 3.63) is 0 Å². The van der Waals surface area contributed by atoms with Gasteiger partial charge >= 0.3 is 0 Å². The van der Waals surface area contributed by atoms with Crippen molar-refractivity contribution in [3.63, 3.8) is 0 Å². The topological polar surface area (TPSA) is 48.9 Å². The molecule has 0 spiro atoms. The maximum atomic E-state index is 5.31. The van der Waals surface area contributed by atoms with Gasteiger partial charge in [-0.2, -0.15) is 0 Å². The molecular formula is C14H30N4O. The van der Waals surface area contributed by atoms with E-state index < -0.39 is 0 Å². The highest BCUT2D eigenvalue weighted by atomic mass is 16.5. The van der Waals surface area contributed by atoms with Crippen LogP contribution in [0.2, 0.25) is 0 Å². The first-order chi connectivity index (χ1) is 9.26. The number of hydrogen-bond acceptors (Lipinski definition) is 3. The van der Waals surface area contributed by atoms with E-state index in [0.717, 1.165) is 44.6 Å². The average Bonchev–Trinajstić information content (AvgIpc) is 2.42.